The predicted molar refractivity (Wildman–Crippen MR) is 140 cm³/mol. The normalized spacial score (nSPS) is 11.7. The highest BCUT2D eigenvalue weighted by atomic mass is 79.9. The number of benzene rings is 3. The summed E-state index contributed by atoms with van der Waals surface area (Å²) in [6.07, 6.45) is 1.50. The van der Waals surface area contributed by atoms with Crippen molar-refractivity contribution in [3.8, 4) is 0 Å². The van der Waals surface area contributed by atoms with Crippen LogP contribution in [0, 0.1) is 0 Å². The topological polar surface area (TPSA) is 82.1 Å². The Hall–Kier alpha value is -2.72. The standard InChI is InChI=1S/C24H24BrClN4O3S/c1-29(2)22-11-5-18(6-12-22)15-27-28-24(31)17-30(16-19-3-7-20(25)8-4-19)34(32,33)23-13-9-21(26)10-14-23/h3-15H,16-17H2,1-2H3,(H,28,31)/b27-15-. The summed E-state index contributed by atoms with van der Waals surface area (Å²) in [6.45, 7) is -0.390. The van der Waals surface area contributed by atoms with E-state index in [-0.39, 0.29) is 11.4 Å². The van der Waals surface area contributed by atoms with Gasteiger partial charge in [-0.05, 0) is 59.7 Å². The molecule has 3 rings (SSSR count). The molecule has 178 valence electrons. The monoisotopic (exact) mass is 562 g/mol. The van der Waals surface area contributed by atoms with Crippen molar-refractivity contribution in [2.75, 3.05) is 25.5 Å². The molecule has 0 radical (unpaired) electrons. The van der Waals surface area contributed by atoms with E-state index in [1.807, 2.05) is 55.4 Å². The van der Waals surface area contributed by atoms with Crippen LogP contribution in [0.3, 0.4) is 0 Å². The molecule has 0 saturated carbocycles. The second-order valence-electron chi connectivity index (χ2n) is 7.63. The number of hydrogen-bond acceptors (Lipinski definition) is 5. The lowest BCUT2D eigenvalue weighted by molar-refractivity contribution is -0.121. The van der Waals surface area contributed by atoms with Gasteiger partial charge in [0.25, 0.3) is 5.91 Å². The van der Waals surface area contributed by atoms with Crippen LogP contribution in [0.1, 0.15) is 11.1 Å². The Morgan fingerprint density at radius 1 is 1.00 bits per heavy atom. The Morgan fingerprint density at radius 2 is 1.62 bits per heavy atom. The van der Waals surface area contributed by atoms with Crippen LogP contribution in [0.15, 0.2) is 87.3 Å². The maximum absolute atomic E-state index is 13.3. The van der Waals surface area contributed by atoms with E-state index in [9.17, 15) is 13.2 Å². The van der Waals surface area contributed by atoms with Gasteiger partial charge in [0.2, 0.25) is 10.0 Å². The van der Waals surface area contributed by atoms with E-state index < -0.39 is 22.5 Å². The Morgan fingerprint density at radius 3 is 2.21 bits per heavy atom. The Balaban J connectivity index is 1.75. The summed E-state index contributed by atoms with van der Waals surface area (Å²) in [5, 5.41) is 4.39. The molecule has 3 aromatic rings. The quantitative estimate of drug-likeness (QED) is 0.307. The third kappa shape index (κ3) is 7.14. The number of nitrogens with one attached hydrogen (secondary N) is 1. The zero-order chi connectivity index (χ0) is 24.7. The fourth-order valence-electron chi connectivity index (χ4n) is 3.01. The second-order valence-corrected chi connectivity index (χ2v) is 10.9. The molecule has 1 N–H and O–H groups in total. The molecule has 0 unspecified atom stereocenters. The molecule has 0 aliphatic rings. The largest absolute Gasteiger partial charge is 0.378 e. The average Bonchev–Trinajstić information content (AvgIpc) is 2.80. The maximum atomic E-state index is 13.3. The van der Waals surface area contributed by atoms with Gasteiger partial charge in [-0.3, -0.25) is 4.79 Å². The average molecular weight is 564 g/mol. The lowest BCUT2D eigenvalue weighted by Crippen LogP contribution is -2.39. The van der Waals surface area contributed by atoms with Crippen molar-refractivity contribution >= 4 is 55.4 Å². The molecule has 0 aliphatic heterocycles. The predicted octanol–water partition coefficient (Wildman–Crippen LogP) is 4.51. The van der Waals surface area contributed by atoms with Gasteiger partial charge in [0, 0.05) is 35.8 Å². The first-order chi connectivity index (χ1) is 16.1. The minimum atomic E-state index is -3.97. The highest BCUT2D eigenvalue weighted by molar-refractivity contribution is 9.10. The number of nitrogens with zero attached hydrogens (tertiary/aromatic N) is 3. The third-order valence-corrected chi connectivity index (χ3v) is 7.44. The van der Waals surface area contributed by atoms with E-state index in [1.54, 1.807) is 12.1 Å². The van der Waals surface area contributed by atoms with Crippen molar-refractivity contribution < 1.29 is 13.2 Å². The highest BCUT2D eigenvalue weighted by Gasteiger charge is 2.27. The fourth-order valence-corrected chi connectivity index (χ4v) is 4.78. The SMILES string of the molecule is CN(C)c1ccc(/C=N\NC(=O)CN(Cc2ccc(Br)cc2)S(=O)(=O)c2ccc(Cl)cc2)cc1. The number of amides is 1. The molecule has 0 aromatic heterocycles. The summed E-state index contributed by atoms with van der Waals surface area (Å²) in [4.78, 5) is 14.6. The second kappa shape index (κ2) is 11.6. The van der Waals surface area contributed by atoms with Crippen molar-refractivity contribution in [1.29, 1.82) is 0 Å². The smallest absolute Gasteiger partial charge is 0.255 e. The van der Waals surface area contributed by atoms with Crippen LogP contribution in [-0.2, 0) is 21.4 Å². The van der Waals surface area contributed by atoms with Crippen LogP contribution in [0.25, 0.3) is 0 Å². The van der Waals surface area contributed by atoms with E-state index in [0.717, 1.165) is 25.6 Å². The van der Waals surface area contributed by atoms with E-state index in [1.165, 1.54) is 30.5 Å². The molecule has 7 nitrogen and oxygen atoms in total. The van der Waals surface area contributed by atoms with E-state index in [0.29, 0.717) is 5.02 Å². The van der Waals surface area contributed by atoms with Crippen LogP contribution in [0.4, 0.5) is 5.69 Å². The van der Waals surface area contributed by atoms with Crippen LogP contribution < -0.4 is 10.3 Å². The molecular formula is C24H24BrClN4O3S. The van der Waals surface area contributed by atoms with Crippen molar-refractivity contribution in [3.05, 3.63) is 93.4 Å². The Labute approximate surface area is 213 Å². The number of rotatable bonds is 9. The fraction of sp³-hybridized carbons (Fsp3) is 0.167. The number of anilines is 1. The molecule has 34 heavy (non-hydrogen) atoms. The molecular weight excluding hydrogens is 540 g/mol. The van der Waals surface area contributed by atoms with Crippen molar-refractivity contribution in [3.63, 3.8) is 0 Å². The summed E-state index contributed by atoms with van der Waals surface area (Å²) in [5.41, 5.74) is 4.98. The Bertz CT molecular complexity index is 1250. The summed E-state index contributed by atoms with van der Waals surface area (Å²) >= 11 is 9.27. The van der Waals surface area contributed by atoms with Gasteiger partial charge in [0.1, 0.15) is 0 Å². The van der Waals surface area contributed by atoms with Gasteiger partial charge >= 0.3 is 0 Å². The van der Waals surface area contributed by atoms with Gasteiger partial charge in [-0.2, -0.15) is 9.41 Å². The Kier molecular flexibility index (Phi) is 8.84. The zero-order valence-corrected chi connectivity index (χ0v) is 21.8. The molecule has 3 aromatic carbocycles. The van der Waals surface area contributed by atoms with Gasteiger partial charge < -0.3 is 4.90 Å². The summed E-state index contributed by atoms with van der Waals surface area (Å²) in [6, 6.07) is 20.7. The van der Waals surface area contributed by atoms with E-state index in [4.69, 9.17) is 11.6 Å². The van der Waals surface area contributed by atoms with Gasteiger partial charge in [-0.25, -0.2) is 13.8 Å². The summed E-state index contributed by atoms with van der Waals surface area (Å²) in [7, 11) is -0.0740. The minimum Gasteiger partial charge on any atom is -0.378 e. The molecule has 0 spiro atoms. The molecule has 10 heteroatoms. The van der Waals surface area contributed by atoms with Crippen molar-refractivity contribution in [2.24, 2.45) is 5.10 Å². The first kappa shape index (κ1) is 25.9. The number of hydrazone groups is 1. The van der Waals surface area contributed by atoms with Crippen molar-refractivity contribution in [1.82, 2.24) is 9.73 Å². The van der Waals surface area contributed by atoms with Crippen LogP contribution in [0.2, 0.25) is 5.02 Å². The molecule has 0 saturated heterocycles. The third-order valence-electron chi connectivity index (χ3n) is 4.86. The van der Waals surface area contributed by atoms with E-state index >= 15 is 0 Å². The van der Waals surface area contributed by atoms with Crippen LogP contribution in [0.5, 0.6) is 0 Å². The first-order valence-corrected chi connectivity index (χ1v) is 12.9. The number of carbonyl (C=O) groups excluding carboxylic acids is 1. The summed E-state index contributed by atoms with van der Waals surface area (Å²) in [5.74, 6) is -0.559. The maximum Gasteiger partial charge on any atom is 0.255 e. The van der Waals surface area contributed by atoms with Crippen LogP contribution >= 0.6 is 27.5 Å². The van der Waals surface area contributed by atoms with E-state index in [2.05, 4.69) is 26.5 Å². The molecule has 0 bridgehead atoms. The number of hydrogen-bond donors (Lipinski definition) is 1. The molecule has 0 aliphatic carbocycles. The molecule has 1 amide bonds. The number of halogens is 2. The van der Waals surface area contributed by atoms with Crippen LogP contribution in [-0.4, -0.2) is 45.5 Å². The lowest BCUT2D eigenvalue weighted by Gasteiger charge is -2.21. The summed E-state index contributed by atoms with van der Waals surface area (Å²) < 4.78 is 28.5. The first-order valence-electron chi connectivity index (χ1n) is 10.2. The lowest BCUT2D eigenvalue weighted by atomic mass is 10.2. The van der Waals surface area contributed by atoms with Crippen molar-refractivity contribution in [2.45, 2.75) is 11.4 Å². The molecule has 0 heterocycles. The zero-order valence-electron chi connectivity index (χ0n) is 18.7. The van der Waals surface area contributed by atoms with Gasteiger partial charge in [0.05, 0.1) is 17.7 Å². The minimum absolute atomic E-state index is 0.0152. The number of carbonyl (C=O) groups is 1. The van der Waals surface area contributed by atoms with Gasteiger partial charge in [-0.1, -0.05) is 51.8 Å². The van der Waals surface area contributed by atoms with Gasteiger partial charge in [-0.15, -0.1) is 0 Å². The van der Waals surface area contributed by atoms with Gasteiger partial charge in [0.15, 0.2) is 0 Å². The highest BCUT2D eigenvalue weighted by Crippen LogP contribution is 2.21. The number of sulfonamides is 1. The molecule has 0 fully saturated rings. The molecule has 0 atom stereocenters.